The molecule has 0 aromatic carbocycles. The van der Waals surface area contributed by atoms with Gasteiger partial charge in [0.25, 0.3) is 0 Å². The molecule has 6 atom stereocenters. The van der Waals surface area contributed by atoms with E-state index in [2.05, 4.69) is 47.8 Å². The molecule has 0 aromatic heterocycles. The lowest BCUT2D eigenvalue weighted by molar-refractivity contribution is 0.106. The molecule has 1 nitrogen and oxygen atoms in total. The summed E-state index contributed by atoms with van der Waals surface area (Å²) in [6, 6.07) is 0. The number of methoxy groups -OCH3 is 1. The van der Waals surface area contributed by atoms with Crippen LogP contribution in [0.3, 0.4) is 0 Å². The Bertz CT molecular complexity index is 507. The van der Waals surface area contributed by atoms with E-state index in [9.17, 15) is 4.39 Å². The normalized spacial score (nSPS) is 18.6. The average molecular weight is 409 g/mol. The predicted octanol–water partition coefficient (Wildman–Crippen LogP) is 8.92. The average Bonchev–Trinajstić information content (AvgIpc) is 2.71. The zero-order chi connectivity index (χ0) is 22.6. The van der Waals surface area contributed by atoms with Gasteiger partial charge in [0.05, 0.1) is 6.10 Å². The molecule has 170 valence electrons. The molecule has 0 heterocycles. The van der Waals surface area contributed by atoms with Crippen molar-refractivity contribution < 1.29 is 9.13 Å². The minimum atomic E-state index is -0.214. The molecule has 0 aliphatic heterocycles. The highest BCUT2D eigenvalue weighted by Gasteiger charge is 2.17. The van der Waals surface area contributed by atoms with E-state index in [-0.39, 0.29) is 17.8 Å². The predicted molar refractivity (Wildman–Crippen MR) is 128 cm³/mol. The molecule has 0 rings (SSSR count). The van der Waals surface area contributed by atoms with Crippen LogP contribution in [0.4, 0.5) is 4.39 Å². The first-order valence-corrected chi connectivity index (χ1v) is 11.8. The van der Waals surface area contributed by atoms with Gasteiger partial charge in [-0.1, -0.05) is 74.0 Å². The molecular weight excluding hydrogens is 359 g/mol. The van der Waals surface area contributed by atoms with Gasteiger partial charge in [0.2, 0.25) is 0 Å². The van der Waals surface area contributed by atoms with Crippen molar-refractivity contribution in [3.05, 3.63) is 36.2 Å². The Kier molecular flexibility index (Phi) is 14.5. The third-order valence-electron chi connectivity index (χ3n) is 7.09. The van der Waals surface area contributed by atoms with E-state index in [1.54, 1.807) is 13.2 Å². The second-order valence-corrected chi connectivity index (χ2v) is 9.64. The van der Waals surface area contributed by atoms with Crippen LogP contribution >= 0.6 is 0 Å². The van der Waals surface area contributed by atoms with Crippen LogP contribution in [0.1, 0.15) is 93.4 Å². The van der Waals surface area contributed by atoms with Crippen LogP contribution in [0, 0.1) is 29.6 Å². The van der Waals surface area contributed by atoms with Crippen molar-refractivity contribution in [1.82, 2.24) is 0 Å². The van der Waals surface area contributed by atoms with Crippen LogP contribution in [0.2, 0.25) is 0 Å². The summed E-state index contributed by atoms with van der Waals surface area (Å²) >= 11 is 0. The van der Waals surface area contributed by atoms with Gasteiger partial charge in [-0.05, 0) is 79.4 Å². The number of hydrogen-bond donors (Lipinski definition) is 0. The van der Waals surface area contributed by atoms with E-state index >= 15 is 0 Å². The molecular formula is C27H49FO. The first-order chi connectivity index (χ1) is 13.5. The number of hydrogen-bond acceptors (Lipinski definition) is 1. The lowest BCUT2D eigenvalue weighted by Gasteiger charge is -2.23. The topological polar surface area (TPSA) is 9.23 Å². The Morgan fingerprint density at radius 2 is 1.34 bits per heavy atom. The lowest BCUT2D eigenvalue weighted by atomic mass is 9.83. The van der Waals surface area contributed by atoms with Crippen molar-refractivity contribution in [2.45, 2.75) is 99.5 Å². The van der Waals surface area contributed by atoms with Crippen molar-refractivity contribution in [3.63, 3.8) is 0 Å². The summed E-state index contributed by atoms with van der Waals surface area (Å²) < 4.78 is 20.0. The van der Waals surface area contributed by atoms with Crippen LogP contribution in [-0.4, -0.2) is 13.2 Å². The molecule has 0 fully saturated rings. The largest absolute Gasteiger partial charge is 0.382 e. The summed E-state index contributed by atoms with van der Waals surface area (Å²) in [4.78, 5) is 0. The van der Waals surface area contributed by atoms with Crippen LogP contribution < -0.4 is 0 Å². The Labute approximate surface area is 181 Å². The van der Waals surface area contributed by atoms with E-state index in [0.29, 0.717) is 17.4 Å². The van der Waals surface area contributed by atoms with Crippen LogP contribution in [0.15, 0.2) is 36.2 Å². The van der Waals surface area contributed by atoms with Crippen molar-refractivity contribution in [2.75, 3.05) is 7.11 Å². The van der Waals surface area contributed by atoms with Crippen molar-refractivity contribution >= 4 is 0 Å². The van der Waals surface area contributed by atoms with Gasteiger partial charge >= 0.3 is 0 Å². The van der Waals surface area contributed by atoms with E-state index in [4.69, 9.17) is 4.74 Å². The van der Waals surface area contributed by atoms with Crippen molar-refractivity contribution in [2.24, 2.45) is 29.6 Å². The Balaban J connectivity index is 4.50. The monoisotopic (exact) mass is 408 g/mol. The van der Waals surface area contributed by atoms with E-state index in [0.717, 1.165) is 36.7 Å². The summed E-state index contributed by atoms with van der Waals surface area (Å²) in [7, 11) is 1.71. The van der Waals surface area contributed by atoms with Gasteiger partial charge in [-0.3, -0.25) is 0 Å². The molecule has 0 bridgehead atoms. The molecule has 0 amide bonds. The zero-order valence-corrected chi connectivity index (χ0v) is 20.7. The van der Waals surface area contributed by atoms with Crippen LogP contribution in [-0.2, 0) is 4.74 Å². The molecule has 2 heteroatoms. The third kappa shape index (κ3) is 11.8. The summed E-state index contributed by atoms with van der Waals surface area (Å²) in [5.41, 5.74) is 1.45. The first-order valence-electron chi connectivity index (χ1n) is 11.8. The lowest BCUT2D eigenvalue weighted by Crippen LogP contribution is -2.11. The summed E-state index contributed by atoms with van der Waals surface area (Å²) in [5.74, 6) is 2.45. The minimum Gasteiger partial charge on any atom is -0.382 e. The molecule has 0 spiro atoms. The van der Waals surface area contributed by atoms with Crippen molar-refractivity contribution in [3.8, 4) is 0 Å². The molecule has 0 saturated heterocycles. The second-order valence-electron chi connectivity index (χ2n) is 9.64. The van der Waals surface area contributed by atoms with Crippen molar-refractivity contribution in [1.29, 1.82) is 0 Å². The third-order valence-corrected chi connectivity index (χ3v) is 7.09. The maximum absolute atomic E-state index is 14.7. The fourth-order valence-corrected chi connectivity index (χ4v) is 3.43. The van der Waals surface area contributed by atoms with Gasteiger partial charge < -0.3 is 4.74 Å². The van der Waals surface area contributed by atoms with Crippen LogP contribution in [0.5, 0.6) is 0 Å². The van der Waals surface area contributed by atoms with Gasteiger partial charge in [0.15, 0.2) is 0 Å². The number of ether oxygens (including phenoxy) is 1. The molecule has 0 saturated carbocycles. The van der Waals surface area contributed by atoms with E-state index in [1.807, 2.05) is 13.8 Å². The second kappa shape index (κ2) is 15.0. The zero-order valence-electron chi connectivity index (χ0n) is 20.7. The molecule has 6 unspecified atom stereocenters. The number of halogens is 1. The van der Waals surface area contributed by atoms with Crippen LogP contribution in [0.25, 0.3) is 0 Å². The van der Waals surface area contributed by atoms with Gasteiger partial charge in [0, 0.05) is 7.11 Å². The molecule has 0 N–H and O–H groups in total. The Hall–Kier alpha value is -0.890. The first kappa shape index (κ1) is 28.1. The molecule has 0 radical (unpaired) electrons. The maximum atomic E-state index is 14.7. The fraction of sp³-hybridized carbons (Fsp3) is 0.778. The fourth-order valence-electron chi connectivity index (χ4n) is 3.43. The Morgan fingerprint density at radius 3 is 1.86 bits per heavy atom. The highest BCUT2D eigenvalue weighted by molar-refractivity contribution is 5.32. The SMILES string of the molecule is C=C(/C=C(/F)C(=C)C(C)CCC(C)OC)C(C)CCC(C)C(C)CCC(C)CC. The standard InChI is InChI=1S/C27H49FO/c1-11-19(2)12-13-20(3)21(4)14-15-22(5)24(7)18-27(28)26(9)23(6)16-17-25(8)29-10/h18-23,25H,7,9,11-17H2,1-6,8,10H3/b27-18+. The van der Waals surface area contributed by atoms with Gasteiger partial charge in [-0.25, -0.2) is 4.39 Å². The van der Waals surface area contributed by atoms with Gasteiger partial charge in [-0.15, -0.1) is 0 Å². The molecule has 0 aromatic rings. The highest BCUT2D eigenvalue weighted by Crippen LogP contribution is 2.30. The smallest absolute Gasteiger partial charge is 0.126 e. The van der Waals surface area contributed by atoms with Gasteiger partial charge in [0.1, 0.15) is 5.83 Å². The summed E-state index contributed by atoms with van der Waals surface area (Å²) in [5, 5.41) is 0. The molecule has 0 aliphatic carbocycles. The number of rotatable bonds is 16. The summed E-state index contributed by atoms with van der Waals surface area (Å²) in [6.45, 7) is 23.7. The minimum absolute atomic E-state index is 0.110. The van der Waals surface area contributed by atoms with Gasteiger partial charge in [-0.2, -0.15) is 0 Å². The Morgan fingerprint density at radius 1 is 0.828 bits per heavy atom. The van der Waals surface area contributed by atoms with E-state index in [1.165, 1.54) is 25.7 Å². The maximum Gasteiger partial charge on any atom is 0.126 e. The molecule has 29 heavy (non-hydrogen) atoms. The highest BCUT2D eigenvalue weighted by atomic mass is 19.1. The quantitative estimate of drug-likeness (QED) is 0.232. The van der Waals surface area contributed by atoms with E-state index < -0.39 is 0 Å². The molecule has 0 aliphatic rings. The summed E-state index contributed by atoms with van der Waals surface area (Å²) in [6.07, 6.45) is 9.72. The number of allylic oxidation sites excluding steroid dienone is 4.